The summed E-state index contributed by atoms with van der Waals surface area (Å²) in [6, 6.07) is 5.50. The van der Waals surface area contributed by atoms with E-state index in [4.69, 9.17) is 10.9 Å². The van der Waals surface area contributed by atoms with E-state index >= 15 is 0 Å². The number of hydrogen-bond donors (Lipinski definition) is 3. The van der Waals surface area contributed by atoms with Crippen LogP contribution in [-0.4, -0.2) is 23.0 Å². The fourth-order valence-corrected chi connectivity index (χ4v) is 3.42. The van der Waals surface area contributed by atoms with Gasteiger partial charge in [-0.1, -0.05) is 27.5 Å². The van der Waals surface area contributed by atoms with E-state index in [-0.39, 0.29) is 23.7 Å². The van der Waals surface area contributed by atoms with Gasteiger partial charge in [-0.25, -0.2) is 0 Å². The fraction of sp³-hybridized carbons (Fsp3) is 0.385. The molecule has 2 atom stereocenters. The smallest absolute Gasteiger partial charge is 0.252 e. The lowest BCUT2D eigenvalue weighted by Gasteiger charge is -2.20. The molecular formula is C13H15BrIN3O2. The minimum absolute atomic E-state index is 0.0758. The maximum atomic E-state index is 12.4. The van der Waals surface area contributed by atoms with Crippen molar-refractivity contribution in [3.05, 3.63) is 31.8 Å². The van der Waals surface area contributed by atoms with Crippen LogP contribution < -0.4 is 11.1 Å². The summed E-state index contributed by atoms with van der Waals surface area (Å²) in [4.78, 5) is 12.4. The van der Waals surface area contributed by atoms with E-state index in [1.165, 1.54) is 0 Å². The number of oxime groups is 1. The zero-order chi connectivity index (χ0) is 14.7. The largest absolute Gasteiger partial charge is 0.409 e. The number of halogens is 2. The molecule has 20 heavy (non-hydrogen) atoms. The molecule has 7 heteroatoms. The Kier molecular flexibility index (Phi) is 5.25. The molecule has 1 aromatic rings. The number of nitrogens with two attached hydrogens (primary N) is 1. The highest BCUT2D eigenvalue weighted by molar-refractivity contribution is 14.1. The van der Waals surface area contributed by atoms with Gasteiger partial charge in [0.05, 0.1) is 5.56 Å². The molecule has 0 radical (unpaired) electrons. The van der Waals surface area contributed by atoms with Gasteiger partial charge < -0.3 is 16.3 Å². The van der Waals surface area contributed by atoms with Gasteiger partial charge in [-0.15, -0.1) is 0 Å². The summed E-state index contributed by atoms with van der Waals surface area (Å²) >= 11 is 5.50. The molecule has 2 unspecified atom stereocenters. The maximum Gasteiger partial charge on any atom is 0.252 e. The average molecular weight is 452 g/mol. The molecule has 0 aromatic heterocycles. The van der Waals surface area contributed by atoms with Crippen molar-refractivity contribution in [2.24, 2.45) is 16.8 Å². The molecule has 1 saturated carbocycles. The van der Waals surface area contributed by atoms with Crippen LogP contribution in [0.2, 0.25) is 0 Å². The average Bonchev–Trinajstić information content (AvgIpc) is 2.88. The molecule has 5 nitrogen and oxygen atoms in total. The van der Waals surface area contributed by atoms with Crippen molar-refractivity contribution in [1.29, 1.82) is 0 Å². The van der Waals surface area contributed by atoms with Crippen molar-refractivity contribution in [1.82, 2.24) is 5.32 Å². The van der Waals surface area contributed by atoms with Crippen molar-refractivity contribution >= 4 is 50.3 Å². The normalized spacial score (nSPS) is 22.8. The van der Waals surface area contributed by atoms with Crippen LogP contribution in [0, 0.1) is 9.49 Å². The number of amidine groups is 1. The molecule has 2 rings (SSSR count). The van der Waals surface area contributed by atoms with Crippen LogP contribution in [0.25, 0.3) is 0 Å². The van der Waals surface area contributed by atoms with E-state index in [9.17, 15) is 4.79 Å². The lowest BCUT2D eigenvalue weighted by Crippen LogP contribution is -2.42. The molecule has 4 N–H and O–H groups in total. The third kappa shape index (κ3) is 3.43. The second-order valence-corrected chi connectivity index (χ2v) is 6.84. The molecule has 0 bridgehead atoms. The van der Waals surface area contributed by atoms with Crippen molar-refractivity contribution < 1.29 is 10.0 Å². The van der Waals surface area contributed by atoms with Crippen molar-refractivity contribution in [3.63, 3.8) is 0 Å². The summed E-state index contributed by atoms with van der Waals surface area (Å²) in [5, 5.41) is 14.8. The van der Waals surface area contributed by atoms with Crippen LogP contribution in [-0.2, 0) is 0 Å². The number of hydrogen-bond acceptors (Lipinski definition) is 3. The van der Waals surface area contributed by atoms with Gasteiger partial charge in [0.1, 0.15) is 5.84 Å². The van der Waals surface area contributed by atoms with E-state index in [1.54, 1.807) is 6.07 Å². The summed E-state index contributed by atoms with van der Waals surface area (Å²) in [5.74, 6) is -0.0242. The molecule has 1 amide bonds. The first-order valence-electron chi connectivity index (χ1n) is 6.26. The Labute approximate surface area is 139 Å². The Balaban J connectivity index is 2.13. The molecule has 0 saturated heterocycles. The molecule has 1 aliphatic rings. The molecule has 1 aromatic carbocycles. The van der Waals surface area contributed by atoms with Crippen molar-refractivity contribution in [2.45, 2.75) is 25.3 Å². The molecule has 0 aliphatic heterocycles. The van der Waals surface area contributed by atoms with Gasteiger partial charge in [-0.2, -0.15) is 0 Å². The molecule has 1 aliphatic carbocycles. The third-order valence-electron chi connectivity index (χ3n) is 3.50. The van der Waals surface area contributed by atoms with Crippen LogP contribution in [0.15, 0.2) is 27.8 Å². The minimum Gasteiger partial charge on any atom is -0.409 e. The summed E-state index contributed by atoms with van der Waals surface area (Å²) in [6.45, 7) is 0. The van der Waals surface area contributed by atoms with Crippen LogP contribution in [0.3, 0.4) is 0 Å². The van der Waals surface area contributed by atoms with E-state index in [1.807, 2.05) is 12.1 Å². The van der Waals surface area contributed by atoms with Gasteiger partial charge in [0.15, 0.2) is 0 Å². The van der Waals surface area contributed by atoms with Crippen LogP contribution in [0.4, 0.5) is 0 Å². The summed E-state index contributed by atoms with van der Waals surface area (Å²) in [6.07, 6.45) is 2.63. The summed E-state index contributed by atoms with van der Waals surface area (Å²) in [7, 11) is 0. The highest BCUT2D eigenvalue weighted by Gasteiger charge is 2.32. The number of benzene rings is 1. The zero-order valence-electron chi connectivity index (χ0n) is 10.6. The quantitative estimate of drug-likeness (QED) is 0.217. The van der Waals surface area contributed by atoms with Crippen LogP contribution >= 0.6 is 38.5 Å². The highest BCUT2D eigenvalue weighted by atomic mass is 127. The Hall–Kier alpha value is -0.830. The fourth-order valence-electron chi connectivity index (χ4n) is 2.48. The monoisotopic (exact) mass is 451 g/mol. The number of rotatable bonds is 3. The molecule has 1 fully saturated rings. The Morgan fingerprint density at radius 3 is 2.95 bits per heavy atom. The Morgan fingerprint density at radius 1 is 1.50 bits per heavy atom. The SMILES string of the molecule is N/C(=N/O)C1CCCC1NC(=O)c1cc(Br)ccc1I. The van der Waals surface area contributed by atoms with Gasteiger partial charge in [0.2, 0.25) is 0 Å². The predicted octanol–water partition coefficient (Wildman–Crippen LogP) is 2.70. The van der Waals surface area contributed by atoms with Crippen molar-refractivity contribution in [3.8, 4) is 0 Å². The van der Waals surface area contributed by atoms with E-state index in [0.717, 1.165) is 27.3 Å². The zero-order valence-corrected chi connectivity index (χ0v) is 14.4. The van der Waals surface area contributed by atoms with Crippen LogP contribution in [0.1, 0.15) is 29.6 Å². The standard InChI is InChI=1S/C13H15BrIN3O2/c14-7-4-5-10(15)9(6-7)13(19)17-11-3-1-2-8(11)12(16)18-20/h4-6,8,11,20H,1-3H2,(H2,16,18)(H,17,19). The number of nitrogens with zero attached hydrogens (tertiary/aromatic N) is 1. The number of carbonyl (C=O) groups excluding carboxylic acids is 1. The van der Waals surface area contributed by atoms with E-state index in [2.05, 4.69) is 49.0 Å². The molecule has 0 spiro atoms. The van der Waals surface area contributed by atoms with Gasteiger partial charge in [0, 0.05) is 20.0 Å². The molecular weight excluding hydrogens is 437 g/mol. The Bertz CT molecular complexity index is 550. The number of carbonyl (C=O) groups is 1. The van der Waals surface area contributed by atoms with Gasteiger partial charge in [-0.05, 0) is 53.6 Å². The Morgan fingerprint density at radius 2 is 2.25 bits per heavy atom. The number of amides is 1. The second-order valence-electron chi connectivity index (χ2n) is 4.77. The number of nitrogens with one attached hydrogen (secondary N) is 1. The lowest BCUT2D eigenvalue weighted by molar-refractivity contribution is 0.0932. The topological polar surface area (TPSA) is 87.7 Å². The third-order valence-corrected chi connectivity index (χ3v) is 4.93. The first kappa shape index (κ1) is 15.6. The van der Waals surface area contributed by atoms with Gasteiger partial charge in [0.25, 0.3) is 5.91 Å². The second kappa shape index (κ2) is 6.75. The van der Waals surface area contributed by atoms with Gasteiger partial charge >= 0.3 is 0 Å². The van der Waals surface area contributed by atoms with E-state index in [0.29, 0.717) is 5.56 Å². The molecule has 0 heterocycles. The summed E-state index contributed by atoms with van der Waals surface area (Å²) in [5.41, 5.74) is 6.31. The van der Waals surface area contributed by atoms with Crippen molar-refractivity contribution in [2.75, 3.05) is 0 Å². The maximum absolute atomic E-state index is 12.4. The minimum atomic E-state index is -0.127. The molecule has 108 valence electrons. The van der Waals surface area contributed by atoms with Crippen LogP contribution in [0.5, 0.6) is 0 Å². The first-order valence-corrected chi connectivity index (χ1v) is 8.13. The highest BCUT2D eigenvalue weighted by Crippen LogP contribution is 2.27. The lowest BCUT2D eigenvalue weighted by atomic mass is 10.0. The first-order chi connectivity index (χ1) is 9.52. The predicted molar refractivity (Wildman–Crippen MR) is 88.9 cm³/mol. The van der Waals surface area contributed by atoms with E-state index < -0.39 is 0 Å². The summed E-state index contributed by atoms with van der Waals surface area (Å²) < 4.78 is 1.75. The van der Waals surface area contributed by atoms with Gasteiger partial charge in [-0.3, -0.25) is 4.79 Å².